The predicted molar refractivity (Wildman–Crippen MR) is 118 cm³/mol. The van der Waals surface area contributed by atoms with Crippen molar-refractivity contribution in [2.24, 2.45) is 0 Å². The lowest BCUT2D eigenvalue weighted by Gasteiger charge is -2.36. The largest absolute Gasteiger partial charge is 0.451 e. The van der Waals surface area contributed by atoms with Crippen molar-refractivity contribution in [1.29, 1.82) is 0 Å². The average Bonchev–Trinajstić information content (AvgIpc) is 3.25. The first-order valence-corrected chi connectivity index (χ1v) is 10.3. The van der Waals surface area contributed by atoms with Gasteiger partial charge in [-0.3, -0.25) is 4.79 Å². The Balaban J connectivity index is 1.53. The number of nitrogens with one attached hydrogen (secondary N) is 1. The van der Waals surface area contributed by atoms with Gasteiger partial charge in [0.2, 0.25) is 0 Å². The fraction of sp³-hybridized carbons (Fsp3) is 0.261. The Kier molecular flexibility index (Phi) is 5.88. The van der Waals surface area contributed by atoms with Crippen molar-refractivity contribution in [2.75, 3.05) is 42.9 Å². The molecule has 150 valence electrons. The van der Waals surface area contributed by atoms with Crippen molar-refractivity contribution in [3.63, 3.8) is 0 Å². The van der Waals surface area contributed by atoms with Gasteiger partial charge in [-0.15, -0.1) is 0 Å². The molecule has 29 heavy (non-hydrogen) atoms. The summed E-state index contributed by atoms with van der Waals surface area (Å²) in [5, 5.41) is 3.62. The number of piperazine rings is 1. The van der Waals surface area contributed by atoms with Gasteiger partial charge in [0, 0.05) is 31.7 Å². The van der Waals surface area contributed by atoms with Crippen molar-refractivity contribution in [2.45, 2.75) is 6.92 Å². The highest BCUT2D eigenvalue weighted by Gasteiger charge is 2.22. The molecule has 1 saturated heterocycles. The second-order valence-corrected chi connectivity index (χ2v) is 7.45. The number of furan rings is 1. The zero-order chi connectivity index (χ0) is 20.2. The molecule has 0 unspecified atom stereocenters. The molecule has 1 amide bonds. The second-order valence-electron chi connectivity index (χ2n) is 7.04. The van der Waals surface area contributed by atoms with Crippen molar-refractivity contribution in [3.8, 4) is 11.3 Å². The molecule has 5 nitrogen and oxygen atoms in total. The Morgan fingerprint density at radius 2 is 1.76 bits per heavy atom. The van der Waals surface area contributed by atoms with Crippen LogP contribution in [0, 0.1) is 0 Å². The van der Waals surface area contributed by atoms with Crippen LogP contribution in [0.25, 0.3) is 11.3 Å². The number of hydrogen-bond acceptors (Lipinski definition) is 4. The van der Waals surface area contributed by atoms with E-state index >= 15 is 0 Å². The van der Waals surface area contributed by atoms with Crippen LogP contribution in [0.1, 0.15) is 17.5 Å². The summed E-state index contributed by atoms with van der Waals surface area (Å²) in [4.78, 5) is 17.5. The van der Waals surface area contributed by atoms with Gasteiger partial charge in [0.05, 0.1) is 16.4 Å². The van der Waals surface area contributed by atoms with Gasteiger partial charge in [-0.05, 0) is 30.8 Å². The number of carbonyl (C=O) groups excluding carboxylic acids is 1. The van der Waals surface area contributed by atoms with Gasteiger partial charge in [-0.2, -0.15) is 0 Å². The minimum atomic E-state index is -0.289. The molecule has 1 aliphatic heterocycles. The van der Waals surface area contributed by atoms with Crippen LogP contribution in [0.4, 0.5) is 11.4 Å². The summed E-state index contributed by atoms with van der Waals surface area (Å²) in [6, 6.07) is 18.8. The number of likely N-dealkylation sites (N-methyl/N-ethyl adjacent to an activating group) is 1. The zero-order valence-corrected chi connectivity index (χ0v) is 17.2. The Morgan fingerprint density at radius 3 is 2.48 bits per heavy atom. The van der Waals surface area contributed by atoms with E-state index < -0.39 is 0 Å². The van der Waals surface area contributed by atoms with Crippen LogP contribution in [-0.4, -0.2) is 43.5 Å². The van der Waals surface area contributed by atoms with Gasteiger partial charge in [0.15, 0.2) is 5.76 Å². The molecule has 0 radical (unpaired) electrons. The SMILES string of the molecule is CCN1CCN(c2c(Cl)cccc2NC(=O)c2ccc(-c3ccccc3)o2)CC1. The third-order valence-electron chi connectivity index (χ3n) is 5.26. The number of para-hydroxylation sites is 1. The van der Waals surface area contributed by atoms with Crippen LogP contribution >= 0.6 is 11.6 Å². The smallest absolute Gasteiger partial charge is 0.291 e. The monoisotopic (exact) mass is 409 g/mol. The molecule has 1 fully saturated rings. The molecular weight excluding hydrogens is 386 g/mol. The number of carbonyl (C=O) groups is 1. The molecule has 0 saturated carbocycles. The fourth-order valence-corrected chi connectivity index (χ4v) is 3.92. The summed E-state index contributed by atoms with van der Waals surface area (Å²) in [5.41, 5.74) is 2.50. The first-order chi connectivity index (χ1) is 14.2. The average molecular weight is 410 g/mol. The molecule has 1 N–H and O–H groups in total. The topological polar surface area (TPSA) is 48.7 Å². The Bertz CT molecular complexity index is 979. The molecular formula is C23H24ClN3O2. The van der Waals surface area contributed by atoms with Crippen LogP contribution in [0.5, 0.6) is 0 Å². The van der Waals surface area contributed by atoms with Crippen molar-refractivity contribution >= 4 is 28.9 Å². The summed E-state index contributed by atoms with van der Waals surface area (Å²) in [6.45, 7) is 6.92. The highest BCUT2D eigenvalue weighted by Crippen LogP contribution is 2.35. The van der Waals surface area contributed by atoms with Crippen LogP contribution in [0.2, 0.25) is 5.02 Å². The molecule has 1 aromatic heterocycles. The summed E-state index contributed by atoms with van der Waals surface area (Å²) >= 11 is 6.52. The van der Waals surface area contributed by atoms with Gasteiger partial charge >= 0.3 is 0 Å². The maximum Gasteiger partial charge on any atom is 0.291 e. The van der Waals surface area contributed by atoms with E-state index in [9.17, 15) is 4.79 Å². The number of nitrogens with zero attached hydrogens (tertiary/aromatic N) is 2. The van der Waals surface area contributed by atoms with Crippen molar-refractivity contribution in [1.82, 2.24) is 4.90 Å². The lowest BCUT2D eigenvalue weighted by Crippen LogP contribution is -2.46. The third-order valence-corrected chi connectivity index (χ3v) is 5.56. The highest BCUT2D eigenvalue weighted by atomic mass is 35.5. The summed E-state index contributed by atoms with van der Waals surface area (Å²) in [5.74, 6) is 0.645. The minimum absolute atomic E-state index is 0.269. The predicted octanol–water partition coefficient (Wildman–Crippen LogP) is 4.99. The van der Waals surface area contributed by atoms with E-state index in [1.54, 1.807) is 6.07 Å². The fourth-order valence-electron chi connectivity index (χ4n) is 3.63. The number of amides is 1. The van der Waals surface area contributed by atoms with Crippen LogP contribution in [0.3, 0.4) is 0 Å². The van der Waals surface area contributed by atoms with Gasteiger partial charge in [0.1, 0.15) is 5.76 Å². The van der Waals surface area contributed by atoms with E-state index in [-0.39, 0.29) is 11.7 Å². The van der Waals surface area contributed by atoms with E-state index in [4.69, 9.17) is 16.0 Å². The first kappa shape index (κ1) is 19.6. The molecule has 4 rings (SSSR count). The molecule has 2 heterocycles. The lowest BCUT2D eigenvalue weighted by atomic mass is 10.2. The number of anilines is 2. The van der Waals surface area contributed by atoms with Crippen LogP contribution in [0.15, 0.2) is 65.1 Å². The molecule has 0 bridgehead atoms. The molecule has 6 heteroatoms. The van der Waals surface area contributed by atoms with Gasteiger partial charge in [-0.25, -0.2) is 0 Å². The van der Waals surface area contributed by atoms with Crippen LogP contribution in [-0.2, 0) is 0 Å². The van der Waals surface area contributed by atoms with Gasteiger partial charge < -0.3 is 19.5 Å². The Labute approximate surface area is 175 Å². The summed E-state index contributed by atoms with van der Waals surface area (Å²) < 4.78 is 5.78. The Morgan fingerprint density at radius 1 is 1.00 bits per heavy atom. The molecule has 0 spiro atoms. The van der Waals surface area contributed by atoms with E-state index in [2.05, 4.69) is 22.0 Å². The molecule has 2 aromatic carbocycles. The minimum Gasteiger partial charge on any atom is -0.451 e. The van der Waals surface area contributed by atoms with E-state index in [1.807, 2.05) is 54.6 Å². The quantitative estimate of drug-likeness (QED) is 0.644. The number of hydrogen-bond donors (Lipinski definition) is 1. The summed E-state index contributed by atoms with van der Waals surface area (Å²) in [6.07, 6.45) is 0. The number of rotatable bonds is 5. The highest BCUT2D eigenvalue weighted by molar-refractivity contribution is 6.34. The molecule has 0 aliphatic carbocycles. The standard InChI is InChI=1S/C23H24ClN3O2/c1-2-26-13-15-27(16-14-26)22-18(24)9-6-10-19(22)25-23(28)21-12-11-20(29-21)17-7-4-3-5-8-17/h3-12H,2,13-16H2,1H3,(H,25,28). The van der Waals surface area contributed by atoms with Crippen LogP contribution < -0.4 is 10.2 Å². The zero-order valence-electron chi connectivity index (χ0n) is 16.4. The van der Waals surface area contributed by atoms with E-state index in [0.717, 1.165) is 44.0 Å². The van der Waals surface area contributed by atoms with Gasteiger partial charge in [0.25, 0.3) is 5.91 Å². The normalized spacial score (nSPS) is 14.8. The molecule has 1 aliphatic rings. The number of halogens is 1. The number of benzene rings is 2. The Hall–Kier alpha value is -2.76. The van der Waals surface area contributed by atoms with Crippen molar-refractivity contribution in [3.05, 3.63) is 71.4 Å². The first-order valence-electron chi connectivity index (χ1n) is 9.88. The molecule has 3 aromatic rings. The molecule has 0 atom stereocenters. The van der Waals surface area contributed by atoms with Gasteiger partial charge in [-0.1, -0.05) is 54.9 Å². The van der Waals surface area contributed by atoms with Crippen molar-refractivity contribution < 1.29 is 9.21 Å². The summed E-state index contributed by atoms with van der Waals surface area (Å²) in [7, 11) is 0. The maximum atomic E-state index is 12.8. The lowest BCUT2D eigenvalue weighted by molar-refractivity contribution is 0.0997. The van der Waals surface area contributed by atoms with E-state index in [1.165, 1.54) is 0 Å². The second kappa shape index (κ2) is 8.72. The maximum absolute atomic E-state index is 12.8. The third kappa shape index (κ3) is 4.31. The van der Waals surface area contributed by atoms with E-state index in [0.29, 0.717) is 16.5 Å².